The van der Waals surface area contributed by atoms with Crippen LogP contribution in [0.5, 0.6) is 0 Å². The molecule has 9 heteroatoms. The monoisotopic (exact) mass is 348 g/mol. The van der Waals surface area contributed by atoms with E-state index in [2.05, 4.69) is 69.2 Å². The van der Waals surface area contributed by atoms with Crippen LogP contribution in [0.3, 0.4) is 0 Å². The molecule has 0 aromatic heterocycles. The van der Waals surface area contributed by atoms with Crippen molar-refractivity contribution in [2.75, 3.05) is 39.3 Å². The number of hydrogen-bond donors (Lipinski definition) is 3. The molecule has 126 valence electrons. The predicted molar refractivity (Wildman–Crippen MR) is 99.6 cm³/mol. The van der Waals surface area contributed by atoms with Crippen molar-refractivity contribution >= 4 is 27.8 Å². The highest BCUT2D eigenvalue weighted by molar-refractivity contribution is 6.83. The van der Waals surface area contributed by atoms with Gasteiger partial charge in [0.05, 0.1) is 0 Å². The molecule has 0 aromatic carbocycles. The van der Waals surface area contributed by atoms with Gasteiger partial charge in [-0.2, -0.15) is 0 Å². The zero-order valence-electron chi connectivity index (χ0n) is 14.8. The van der Waals surface area contributed by atoms with E-state index in [1.165, 1.54) is 0 Å². The fourth-order valence-corrected chi connectivity index (χ4v) is 18.6. The summed E-state index contributed by atoms with van der Waals surface area (Å²) in [7, 11) is -3.64. The van der Waals surface area contributed by atoms with E-state index in [0.717, 1.165) is 39.3 Å². The lowest BCUT2D eigenvalue weighted by molar-refractivity contribution is 0.417. The Morgan fingerprint density at radius 1 is 0.524 bits per heavy atom. The van der Waals surface area contributed by atoms with Crippen molar-refractivity contribution in [1.82, 2.24) is 27.6 Å². The molecule has 21 heavy (non-hydrogen) atoms. The van der Waals surface area contributed by atoms with Gasteiger partial charge in [-0.3, -0.25) is 0 Å². The molecule has 0 saturated carbocycles. The van der Waals surface area contributed by atoms with E-state index < -0.39 is 27.8 Å². The van der Waals surface area contributed by atoms with E-state index >= 15 is 0 Å². The molecule has 0 atom stereocenters. The number of nitrogens with zero attached hydrogens (tertiary/aromatic N) is 3. The lowest BCUT2D eigenvalue weighted by Gasteiger charge is -2.55. The molecule has 1 rings (SSSR count). The molecular weight excluding hydrogens is 312 g/mol. The summed E-state index contributed by atoms with van der Waals surface area (Å²) in [5.74, 6) is 0. The van der Waals surface area contributed by atoms with Gasteiger partial charge in [0.1, 0.15) is 0 Å². The summed E-state index contributed by atoms with van der Waals surface area (Å²) >= 11 is 0. The molecule has 1 aliphatic heterocycles. The van der Waals surface area contributed by atoms with Crippen LogP contribution in [0.4, 0.5) is 0 Å². The summed E-state index contributed by atoms with van der Waals surface area (Å²) < 4.78 is 8.46. The first-order chi connectivity index (χ1) is 10.2. The third-order valence-electron chi connectivity index (χ3n) is 4.14. The van der Waals surface area contributed by atoms with Crippen molar-refractivity contribution in [2.24, 2.45) is 0 Å². The Morgan fingerprint density at radius 3 is 0.905 bits per heavy atom. The van der Waals surface area contributed by atoms with Crippen molar-refractivity contribution in [1.29, 1.82) is 0 Å². The van der Waals surface area contributed by atoms with Gasteiger partial charge >= 0.3 is 0 Å². The highest BCUT2D eigenvalue weighted by Gasteiger charge is 2.47. The normalized spacial score (nSPS) is 29.1. The van der Waals surface area contributed by atoms with E-state index in [4.69, 9.17) is 0 Å². The van der Waals surface area contributed by atoms with Crippen LogP contribution >= 0.6 is 0 Å². The third-order valence-corrected chi connectivity index (χ3v) is 17.5. The van der Waals surface area contributed by atoms with Gasteiger partial charge in [-0.05, 0) is 39.3 Å². The van der Waals surface area contributed by atoms with Crippen LogP contribution in [0.2, 0.25) is 0 Å². The Labute approximate surface area is 136 Å². The Kier molecular flexibility index (Phi) is 9.48. The van der Waals surface area contributed by atoms with Crippen LogP contribution in [0, 0.1) is 0 Å². The van der Waals surface area contributed by atoms with Crippen molar-refractivity contribution < 1.29 is 0 Å². The van der Waals surface area contributed by atoms with Crippen LogP contribution in [0.1, 0.15) is 41.5 Å². The quantitative estimate of drug-likeness (QED) is 0.462. The Morgan fingerprint density at radius 2 is 0.762 bits per heavy atom. The predicted octanol–water partition coefficient (Wildman–Crippen LogP) is -1.05. The van der Waals surface area contributed by atoms with Crippen LogP contribution < -0.4 is 14.9 Å². The molecule has 0 spiro atoms. The second-order valence-corrected chi connectivity index (χ2v) is 14.5. The SMILES string of the molecule is CCN[SiH]1N(CC)[SiH](NCC)N(CC)[SiH](NCC)N1CC. The summed E-state index contributed by atoms with van der Waals surface area (Å²) in [6.45, 7) is 20.4. The van der Waals surface area contributed by atoms with E-state index in [9.17, 15) is 0 Å². The van der Waals surface area contributed by atoms with Crippen molar-refractivity contribution in [3.63, 3.8) is 0 Å². The molecular formula is C12H36N6Si3. The minimum Gasteiger partial charge on any atom is -0.317 e. The lowest BCUT2D eigenvalue weighted by Crippen LogP contribution is -2.86. The second-order valence-electron chi connectivity index (χ2n) is 5.29. The molecule has 0 aliphatic carbocycles. The van der Waals surface area contributed by atoms with Gasteiger partial charge < -0.3 is 27.6 Å². The van der Waals surface area contributed by atoms with Gasteiger partial charge in [-0.25, -0.2) is 0 Å². The van der Waals surface area contributed by atoms with Crippen LogP contribution in [0.25, 0.3) is 0 Å². The maximum absolute atomic E-state index is 3.86. The van der Waals surface area contributed by atoms with Crippen LogP contribution in [0.15, 0.2) is 0 Å². The van der Waals surface area contributed by atoms with E-state index in [0.29, 0.717) is 0 Å². The van der Waals surface area contributed by atoms with Crippen molar-refractivity contribution in [2.45, 2.75) is 41.5 Å². The summed E-state index contributed by atoms with van der Waals surface area (Å²) in [5.41, 5.74) is 0. The maximum atomic E-state index is 3.86. The minimum absolute atomic E-state index is 1.08. The third kappa shape index (κ3) is 4.45. The maximum Gasteiger partial charge on any atom is 0.260 e. The zero-order chi connectivity index (χ0) is 15.8. The van der Waals surface area contributed by atoms with E-state index in [1.807, 2.05) is 0 Å². The summed E-state index contributed by atoms with van der Waals surface area (Å²) in [6, 6.07) is 0. The molecule has 0 radical (unpaired) electrons. The Hall–Kier alpha value is 0.411. The average Bonchev–Trinajstić information content (AvgIpc) is 2.49. The van der Waals surface area contributed by atoms with Crippen molar-refractivity contribution in [3.8, 4) is 0 Å². The molecule has 6 nitrogen and oxygen atoms in total. The highest BCUT2D eigenvalue weighted by atomic mass is 28.4. The Bertz CT molecular complexity index is 231. The number of nitrogens with one attached hydrogen (secondary N) is 3. The molecule has 1 saturated heterocycles. The van der Waals surface area contributed by atoms with Crippen LogP contribution in [-0.2, 0) is 0 Å². The number of rotatable bonds is 9. The fraction of sp³-hybridized carbons (Fsp3) is 1.00. The highest BCUT2D eigenvalue weighted by Crippen LogP contribution is 2.15. The zero-order valence-corrected chi connectivity index (χ0v) is 18.3. The molecule has 0 unspecified atom stereocenters. The van der Waals surface area contributed by atoms with Gasteiger partial charge in [-0.15, -0.1) is 0 Å². The van der Waals surface area contributed by atoms with E-state index in [-0.39, 0.29) is 0 Å². The number of hydrogen-bond acceptors (Lipinski definition) is 6. The van der Waals surface area contributed by atoms with Gasteiger partial charge in [0, 0.05) is 0 Å². The summed E-state index contributed by atoms with van der Waals surface area (Å²) in [5, 5.41) is 0. The van der Waals surface area contributed by atoms with Crippen molar-refractivity contribution in [3.05, 3.63) is 0 Å². The van der Waals surface area contributed by atoms with Gasteiger partial charge in [0.25, 0.3) is 27.8 Å². The first-order valence-corrected chi connectivity index (χ1v) is 13.5. The minimum atomic E-state index is -1.21. The van der Waals surface area contributed by atoms with Gasteiger partial charge in [0.15, 0.2) is 0 Å². The first kappa shape index (κ1) is 19.5. The molecule has 1 heterocycles. The first-order valence-electron chi connectivity index (χ1n) is 8.67. The summed E-state index contributed by atoms with van der Waals surface area (Å²) in [6.07, 6.45) is 0. The topological polar surface area (TPSA) is 45.8 Å². The van der Waals surface area contributed by atoms with Gasteiger partial charge in [0.2, 0.25) is 0 Å². The molecule has 0 aromatic rings. The standard InChI is InChI=1S/C12H36N6Si3/c1-7-13-19-16(10-4)20(14-8-2)18(12-6)21(15-9-3)17(19)11-5/h13-15,19-21H,7-12H2,1-6H3. The smallest absolute Gasteiger partial charge is 0.260 e. The average molecular weight is 349 g/mol. The largest absolute Gasteiger partial charge is 0.317 e. The lowest BCUT2D eigenvalue weighted by atomic mass is 10.8. The molecule has 1 fully saturated rings. The van der Waals surface area contributed by atoms with Crippen LogP contribution in [-0.4, -0.2) is 79.8 Å². The van der Waals surface area contributed by atoms with Gasteiger partial charge in [-0.1, -0.05) is 41.5 Å². The molecule has 0 amide bonds. The molecule has 0 bridgehead atoms. The Balaban J connectivity index is 3.11. The molecule has 3 N–H and O–H groups in total. The molecule has 1 aliphatic rings. The second kappa shape index (κ2) is 10.2. The van der Waals surface area contributed by atoms with E-state index in [1.54, 1.807) is 0 Å². The summed E-state index contributed by atoms with van der Waals surface area (Å²) in [4.78, 5) is 11.6. The fourth-order valence-electron chi connectivity index (χ4n) is 3.26.